The van der Waals surface area contributed by atoms with Crippen molar-refractivity contribution in [2.75, 3.05) is 13.7 Å². The molecule has 0 aliphatic carbocycles. The van der Waals surface area contributed by atoms with Crippen LogP contribution in [0.5, 0.6) is 0 Å². The van der Waals surface area contributed by atoms with Crippen LogP contribution in [-0.4, -0.2) is 13.7 Å². The zero-order chi connectivity index (χ0) is 11.0. The van der Waals surface area contributed by atoms with Crippen LogP contribution in [0.25, 0.3) is 0 Å². The van der Waals surface area contributed by atoms with Crippen LogP contribution in [-0.2, 0) is 4.74 Å². The molecule has 0 radical (unpaired) electrons. The molecule has 0 spiro atoms. The molecule has 0 rings (SSSR count). The van der Waals surface area contributed by atoms with E-state index in [1.165, 1.54) is 12.8 Å². The average molecular weight is 198 g/mol. The van der Waals surface area contributed by atoms with E-state index < -0.39 is 0 Å². The van der Waals surface area contributed by atoms with E-state index in [1.54, 1.807) is 7.11 Å². The Hall–Kier alpha value is -0.300. The summed E-state index contributed by atoms with van der Waals surface area (Å²) in [5, 5.41) is 0. The Balaban J connectivity index is 3.69. The van der Waals surface area contributed by atoms with Gasteiger partial charge in [-0.2, -0.15) is 0 Å². The monoisotopic (exact) mass is 198 g/mol. The average Bonchev–Trinajstić information content (AvgIpc) is 2.01. The summed E-state index contributed by atoms with van der Waals surface area (Å²) in [5.74, 6) is 0.789. The Kier molecular flexibility index (Phi) is 6.90. The van der Waals surface area contributed by atoms with Crippen molar-refractivity contribution in [1.82, 2.24) is 0 Å². The van der Waals surface area contributed by atoms with Crippen molar-refractivity contribution >= 4 is 0 Å². The third kappa shape index (κ3) is 8.31. The van der Waals surface area contributed by atoms with Crippen molar-refractivity contribution in [3.8, 4) is 0 Å². The molecule has 1 nitrogen and oxygen atoms in total. The molecule has 1 heteroatoms. The molecule has 0 bridgehead atoms. The number of rotatable bonds is 7. The van der Waals surface area contributed by atoms with Crippen LogP contribution in [0.15, 0.2) is 12.2 Å². The molecule has 0 saturated heterocycles. The maximum Gasteiger partial charge on any atom is 0.0496 e. The van der Waals surface area contributed by atoms with Crippen LogP contribution >= 0.6 is 0 Å². The molecule has 0 fully saturated rings. The second kappa shape index (κ2) is 7.05. The lowest BCUT2D eigenvalue weighted by Gasteiger charge is -2.25. The van der Waals surface area contributed by atoms with E-state index in [1.807, 2.05) is 0 Å². The zero-order valence-electron chi connectivity index (χ0n) is 10.5. The first kappa shape index (κ1) is 13.7. The third-order valence-electron chi connectivity index (χ3n) is 2.29. The third-order valence-corrected chi connectivity index (χ3v) is 2.29. The summed E-state index contributed by atoms with van der Waals surface area (Å²) in [5.41, 5.74) is 0.442. The smallest absolute Gasteiger partial charge is 0.0496 e. The van der Waals surface area contributed by atoms with Crippen LogP contribution in [0, 0.1) is 11.3 Å². The van der Waals surface area contributed by atoms with Gasteiger partial charge in [0.1, 0.15) is 0 Å². The van der Waals surface area contributed by atoms with Gasteiger partial charge in [-0.25, -0.2) is 0 Å². The summed E-state index contributed by atoms with van der Waals surface area (Å²) >= 11 is 0. The fourth-order valence-corrected chi connectivity index (χ4v) is 1.89. The van der Waals surface area contributed by atoms with Gasteiger partial charge in [0.15, 0.2) is 0 Å². The molecule has 0 aromatic carbocycles. The molecule has 0 amide bonds. The molecule has 0 saturated carbocycles. The number of hydrogen-bond donors (Lipinski definition) is 0. The van der Waals surface area contributed by atoms with E-state index in [0.717, 1.165) is 18.9 Å². The minimum absolute atomic E-state index is 0.442. The standard InChI is InChI=1S/C13H26O/c1-12(2)11-13(3,4)9-7-6-8-10-14-5/h6-7,12H,8-11H2,1-5H3/b7-6+. The van der Waals surface area contributed by atoms with E-state index in [-0.39, 0.29) is 0 Å². The first-order chi connectivity index (χ1) is 6.48. The molecule has 0 aliphatic rings. The van der Waals surface area contributed by atoms with Crippen LogP contribution < -0.4 is 0 Å². The summed E-state index contributed by atoms with van der Waals surface area (Å²) < 4.78 is 4.99. The van der Waals surface area contributed by atoms with Gasteiger partial charge >= 0.3 is 0 Å². The predicted octanol–water partition coefficient (Wildman–Crippen LogP) is 4.04. The van der Waals surface area contributed by atoms with E-state index in [4.69, 9.17) is 4.74 Å². The Morgan fingerprint density at radius 3 is 2.36 bits per heavy atom. The fourth-order valence-electron chi connectivity index (χ4n) is 1.89. The molecule has 0 unspecified atom stereocenters. The molecule has 0 atom stereocenters. The highest BCUT2D eigenvalue weighted by atomic mass is 16.5. The largest absolute Gasteiger partial charge is 0.384 e. The molecule has 84 valence electrons. The number of ether oxygens (including phenoxy) is 1. The molecular weight excluding hydrogens is 172 g/mol. The van der Waals surface area contributed by atoms with Crippen LogP contribution in [0.1, 0.15) is 47.0 Å². The van der Waals surface area contributed by atoms with E-state index in [9.17, 15) is 0 Å². The second-order valence-corrected chi connectivity index (χ2v) is 5.22. The van der Waals surface area contributed by atoms with Crippen molar-refractivity contribution in [1.29, 1.82) is 0 Å². The van der Waals surface area contributed by atoms with Crippen LogP contribution in [0.4, 0.5) is 0 Å². The molecule has 0 aromatic heterocycles. The first-order valence-electron chi connectivity index (χ1n) is 5.62. The number of methoxy groups -OCH3 is 1. The van der Waals surface area contributed by atoms with Gasteiger partial charge in [-0.3, -0.25) is 0 Å². The summed E-state index contributed by atoms with van der Waals surface area (Å²) in [6.45, 7) is 10.1. The highest BCUT2D eigenvalue weighted by Gasteiger charge is 2.17. The topological polar surface area (TPSA) is 9.23 Å². The summed E-state index contributed by atoms with van der Waals surface area (Å²) in [6.07, 6.45) is 8.03. The van der Waals surface area contributed by atoms with Crippen molar-refractivity contribution in [2.45, 2.75) is 47.0 Å². The van der Waals surface area contributed by atoms with E-state index in [2.05, 4.69) is 39.8 Å². The van der Waals surface area contributed by atoms with E-state index in [0.29, 0.717) is 5.41 Å². The number of hydrogen-bond acceptors (Lipinski definition) is 1. The van der Waals surface area contributed by atoms with Gasteiger partial charge in [0.25, 0.3) is 0 Å². The van der Waals surface area contributed by atoms with Gasteiger partial charge < -0.3 is 4.74 Å². The maximum atomic E-state index is 4.99. The summed E-state index contributed by atoms with van der Waals surface area (Å²) in [7, 11) is 1.75. The minimum atomic E-state index is 0.442. The first-order valence-corrected chi connectivity index (χ1v) is 5.62. The molecule has 14 heavy (non-hydrogen) atoms. The van der Waals surface area contributed by atoms with Gasteiger partial charge in [-0.05, 0) is 30.6 Å². The van der Waals surface area contributed by atoms with Crippen molar-refractivity contribution < 1.29 is 4.74 Å². The molecule has 0 N–H and O–H groups in total. The molecule has 0 heterocycles. The lowest BCUT2D eigenvalue weighted by Crippen LogP contribution is -2.13. The van der Waals surface area contributed by atoms with E-state index >= 15 is 0 Å². The Labute approximate surface area is 89.5 Å². The lowest BCUT2D eigenvalue weighted by molar-refractivity contribution is 0.204. The van der Waals surface area contributed by atoms with Gasteiger partial charge in [0, 0.05) is 13.7 Å². The van der Waals surface area contributed by atoms with Gasteiger partial charge in [0.2, 0.25) is 0 Å². The highest BCUT2D eigenvalue weighted by Crippen LogP contribution is 2.29. The van der Waals surface area contributed by atoms with Gasteiger partial charge in [-0.15, -0.1) is 0 Å². The van der Waals surface area contributed by atoms with Crippen LogP contribution in [0.2, 0.25) is 0 Å². The lowest BCUT2D eigenvalue weighted by atomic mass is 9.81. The zero-order valence-corrected chi connectivity index (χ0v) is 10.5. The molecule has 0 aliphatic heterocycles. The van der Waals surface area contributed by atoms with Gasteiger partial charge in [-0.1, -0.05) is 39.8 Å². The summed E-state index contributed by atoms with van der Waals surface area (Å²) in [6, 6.07) is 0. The van der Waals surface area contributed by atoms with Crippen molar-refractivity contribution in [3.05, 3.63) is 12.2 Å². The predicted molar refractivity (Wildman–Crippen MR) is 63.5 cm³/mol. The Morgan fingerprint density at radius 1 is 1.21 bits per heavy atom. The Bertz CT molecular complexity index is 157. The van der Waals surface area contributed by atoms with Crippen molar-refractivity contribution in [2.24, 2.45) is 11.3 Å². The number of allylic oxidation sites excluding steroid dienone is 1. The minimum Gasteiger partial charge on any atom is -0.384 e. The van der Waals surface area contributed by atoms with Gasteiger partial charge in [0.05, 0.1) is 0 Å². The molecular formula is C13H26O. The maximum absolute atomic E-state index is 4.99. The highest BCUT2D eigenvalue weighted by molar-refractivity contribution is 4.87. The SMILES string of the molecule is COCC/C=C/CC(C)(C)CC(C)C. The fraction of sp³-hybridized carbons (Fsp3) is 0.846. The second-order valence-electron chi connectivity index (χ2n) is 5.22. The van der Waals surface area contributed by atoms with Crippen molar-refractivity contribution in [3.63, 3.8) is 0 Å². The summed E-state index contributed by atoms with van der Waals surface area (Å²) in [4.78, 5) is 0. The normalized spacial score (nSPS) is 13.0. The quantitative estimate of drug-likeness (QED) is 0.443. The molecule has 0 aromatic rings. The Morgan fingerprint density at radius 2 is 1.86 bits per heavy atom. The van der Waals surface area contributed by atoms with Crippen LogP contribution in [0.3, 0.4) is 0 Å².